The summed E-state index contributed by atoms with van der Waals surface area (Å²) in [6.45, 7) is 10.7. The van der Waals surface area contributed by atoms with Gasteiger partial charge < -0.3 is 4.74 Å². The number of aromatic nitrogens is 1. The van der Waals surface area contributed by atoms with Crippen LogP contribution in [0.4, 0.5) is 0 Å². The maximum atomic E-state index is 5.91. The Kier molecular flexibility index (Phi) is 5.94. The van der Waals surface area contributed by atoms with Gasteiger partial charge in [0.1, 0.15) is 0 Å². The van der Waals surface area contributed by atoms with E-state index in [1.54, 1.807) is 0 Å². The van der Waals surface area contributed by atoms with Crippen molar-refractivity contribution < 1.29 is 4.74 Å². The second-order valence-corrected chi connectivity index (χ2v) is 5.85. The minimum absolute atomic E-state index is 0.183. The van der Waals surface area contributed by atoms with Crippen molar-refractivity contribution in [2.75, 3.05) is 0 Å². The molecule has 0 radical (unpaired) electrons. The molecule has 1 aromatic rings. The van der Waals surface area contributed by atoms with Gasteiger partial charge in [-0.15, -0.1) is 11.6 Å². The van der Waals surface area contributed by atoms with E-state index < -0.39 is 0 Å². The number of alkyl halides is 1. The highest BCUT2D eigenvalue weighted by molar-refractivity contribution is 6.17. The molecule has 0 aliphatic rings. The molecule has 3 heteroatoms. The van der Waals surface area contributed by atoms with E-state index in [4.69, 9.17) is 16.3 Å². The van der Waals surface area contributed by atoms with Crippen LogP contribution in [-0.4, -0.2) is 11.1 Å². The van der Waals surface area contributed by atoms with Gasteiger partial charge in [-0.2, -0.15) is 0 Å². The van der Waals surface area contributed by atoms with Crippen molar-refractivity contribution in [1.82, 2.24) is 4.98 Å². The summed E-state index contributed by atoms with van der Waals surface area (Å²) in [6.07, 6.45) is 1.21. The molecule has 1 rings (SSSR count). The number of ether oxygens (including phenoxy) is 1. The standard InChI is InChI=1S/C15H24ClNO/c1-10(2)6-12(5)18-15-8-13(9-16)7-14(17-15)11(3)4/h7-8,10-12H,6,9H2,1-5H3. The highest BCUT2D eigenvalue weighted by atomic mass is 35.5. The van der Waals surface area contributed by atoms with Gasteiger partial charge in [0.2, 0.25) is 5.88 Å². The summed E-state index contributed by atoms with van der Waals surface area (Å²) in [4.78, 5) is 4.55. The van der Waals surface area contributed by atoms with Crippen LogP contribution in [-0.2, 0) is 5.88 Å². The zero-order chi connectivity index (χ0) is 13.7. The monoisotopic (exact) mass is 269 g/mol. The van der Waals surface area contributed by atoms with E-state index in [2.05, 4.69) is 45.7 Å². The number of nitrogens with zero attached hydrogens (tertiary/aromatic N) is 1. The van der Waals surface area contributed by atoms with Gasteiger partial charge in [-0.1, -0.05) is 27.7 Å². The minimum Gasteiger partial charge on any atom is -0.475 e. The number of rotatable bonds is 6. The van der Waals surface area contributed by atoms with Gasteiger partial charge in [0.25, 0.3) is 0 Å². The molecular weight excluding hydrogens is 246 g/mol. The fraction of sp³-hybridized carbons (Fsp3) is 0.667. The number of halogens is 1. The summed E-state index contributed by atoms with van der Waals surface area (Å²) in [5.41, 5.74) is 2.11. The molecule has 0 amide bonds. The second kappa shape index (κ2) is 6.98. The third-order valence-corrected chi connectivity index (χ3v) is 3.06. The van der Waals surface area contributed by atoms with Crippen LogP contribution >= 0.6 is 11.6 Å². The molecule has 1 atom stereocenters. The van der Waals surface area contributed by atoms with E-state index in [0.29, 0.717) is 23.6 Å². The Labute approximate surface area is 116 Å². The normalized spacial score (nSPS) is 13.1. The zero-order valence-corrected chi connectivity index (χ0v) is 12.8. The van der Waals surface area contributed by atoms with E-state index in [0.717, 1.165) is 17.7 Å². The first-order chi connectivity index (χ1) is 8.42. The summed E-state index contributed by atoms with van der Waals surface area (Å²) < 4.78 is 5.89. The van der Waals surface area contributed by atoms with Crippen molar-refractivity contribution >= 4 is 11.6 Å². The van der Waals surface area contributed by atoms with E-state index in [-0.39, 0.29) is 6.10 Å². The lowest BCUT2D eigenvalue weighted by Crippen LogP contribution is -2.15. The first-order valence-electron chi connectivity index (χ1n) is 6.65. The van der Waals surface area contributed by atoms with Crippen molar-refractivity contribution in [3.63, 3.8) is 0 Å². The lowest BCUT2D eigenvalue weighted by Gasteiger charge is -2.17. The molecule has 0 spiro atoms. The molecule has 0 aliphatic carbocycles. The van der Waals surface area contributed by atoms with Crippen LogP contribution in [0.3, 0.4) is 0 Å². The molecule has 2 nitrogen and oxygen atoms in total. The fourth-order valence-electron chi connectivity index (χ4n) is 1.93. The second-order valence-electron chi connectivity index (χ2n) is 5.58. The number of hydrogen-bond acceptors (Lipinski definition) is 2. The highest BCUT2D eigenvalue weighted by Gasteiger charge is 2.11. The van der Waals surface area contributed by atoms with Crippen LogP contribution < -0.4 is 4.74 Å². The van der Waals surface area contributed by atoms with Crippen LogP contribution in [0, 0.1) is 5.92 Å². The van der Waals surface area contributed by atoms with Crippen molar-refractivity contribution in [3.05, 3.63) is 23.4 Å². The molecule has 102 valence electrons. The average molecular weight is 270 g/mol. The lowest BCUT2D eigenvalue weighted by atomic mass is 10.1. The van der Waals surface area contributed by atoms with Gasteiger partial charge in [-0.3, -0.25) is 0 Å². The molecule has 0 saturated carbocycles. The van der Waals surface area contributed by atoms with E-state index >= 15 is 0 Å². The Morgan fingerprint density at radius 2 is 1.83 bits per heavy atom. The quantitative estimate of drug-likeness (QED) is 0.695. The van der Waals surface area contributed by atoms with Gasteiger partial charge in [0.15, 0.2) is 0 Å². The maximum Gasteiger partial charge on any atom is 0.214 e. The van der Waals surface area contributed by atoms with Crippen molar-refractivity contribution in [3.8, 4) is 5.88 Å². The molecular formula is C15H24ClNO. The minimum atomic E-state index is 0.183. The van der Waals surface area contributed by atoms with Crippen LogP contribution in [0.25, 0.3) is 0 Å². The Morgan fingerprint density at radius 3 is 2.33 bits per heavy atom. The molecule has 0 aromatic carbocycles. The molecule has 0 aliphatic heterocycles. The largest absolute Gasteiger partial charge is 0.475 e. The molecule has 0 saturated heterocycles. The van der Waals surface area contributed by atoms with Crippen LogP contribution in [0.5, 0.6) is 5.88 Å². The smallest absolute Gasteiger partial charge is 0.214 e. The van der Waals surface area contributed by atoms with Gasteiger partial charge in [-0.25, -0.2) is 4.98 Å². The van der Waals surface area contributed by atoms with E-state index in [1.165, 1.54) is 0 Å². The van der Waals surface area contributed by atoms with Crippen molar-refractivity contribution in [2.24, 2.45) is 5.92 Å². The van der Waals surface area contributed by atoms with Gasteiger partial charge in [0.05, 0.1) is 6.10 Å². The van der Waals surface area contributed by atoms with Crippen molar-refractivity contribution in [1.29, 1.82) is 0 Å². The van der Waals surface area contributed by atoms with Gasteiger partial charge in [-0.05, 0) is 36.8 Å². The lowest BCUT2D eigenvalue weighted by molar-refractivity contribution is 0.185. The first-order valence-corrected chi connectivity index (χ1v) is 7.19. The molecule has 18 heavy (non-hydrogen) atoms. The van der Waals surface area contributed by atoms with Crippen LogP contribution in [0.1, 0.15) is 58.2 Å². The van der Waals surface area contributed by atoms with Crippen LogP contribution in [0.2, 0.25) is 0 Å². The zero-order valence-electron chi connectivity index (χ0n) is 12.0. The summed E-state index contributed by atoms with van der Waals surface area (Å²) in [7, 11) is 0. The molecule has 0 bridgehead atoms. The molecule has 0 fully saturated rings. The summed E-state index contributed by atoms with van der Waals surface area (Å²) in [5, 5.41) is 0. The molecule has 1 aromatic heterocycles. The summed E-state index contributed by atoms with van der Waals surface area (Å²) >= 11 is 5.91. The first kappa shape index (κ1) is 15.3. The predicted molar refractivity (Wildman–Crippen MR) is 77.4 cm³/mol. The Hall–Kier alpha value is -0.760. The Morgan fingerprint density at radius 1 is 1.17 bits per heavy atom. The van der Waals surface area contributed by atoms with Gasteiger partial charge >= 0.3 is 0 Å². The summed E-state index contributed by atoms with van der Waals surface area (Å²) in [6, 6.07) is 3.99. The third kappa shape index (κ3) is 4.85. The summed E-state index contributed by atoms with van der Waals surface area (Å²) in [5.74, 6) is 2.21. The highest BCUT2D eigenvalue weighted by Crippen LogP contribution is 2.22. The average Bonchev–Trinajstić information content (AvgIpc) is 2.27. The number of hydrogen-bond donors (Lipinski definition) is 0. The topological polar surface area (TPSA) is 22.1 Å². The van der Waals surface area contributed by atoms with E-state index in [1.807, 2.05) is 6.07 Å². The van der Waals surface area contributed by atoms with E-state index in [9.17, 15) is 0 Å². The maximum absolute atomic E-state index is 5.91. The SMILES string of the molecule is CC(C)CC(C)Oc1cc(CCl)cc(C(C)C)n1. The Bertz CT molecular complexity index is 377. The number of pyridine rings is 1. The van der Waals surface area contributed by atoms with Gasteiger partial charge in [0, 0.05) is 17.6 Å². The fourth-order valence-corrected chi connectivity index (χ4v) is 2.09. The molecule has 1 heterocycles. The third-order valence-electron chi connectivity index (χ3n) is 2.75. The predicted octanol–water partition coefficient (Wildman–Crippen LogP) is 4.76. The Balaban J connectivity index is 2.84. The molecule has 1 unspecified atom stereocenters. The van der Waals surface area contributed by atoms with Crippen LogP contribution in [0.15, 0.2) is 12.1 Å². The van der Waals surface area contributed by atoms with Crippen molar-refractivity contribution in [2.45, 2.75) is 58.9 Å². The molecule has 0 N–H and O–H groups in total.